The van der Waals surface area contributed by atoms with Crippen LogP contribution >= 0.6 is 0 Å². The van der Waals surface area contributed by atoms with Crippen LogP contribution in [0.4, 0.5) is 0 Å². The topological polar surface area (TPSA) is 76.4 Å². The minimum absolute atomic E-state index is 0.0842. The first-order chi connectivity index (χ1) is 10.1. The van der Waals surface area contributed by atoms with Gasteiger partial charge in [-0.1, -0.05) is 0 Å². The number of phenols is 1. The minimum atomic E-state index is -0.290. The second-order valence-electron chi connectivity index (χ2n) is 4.76. The molecule has 1 aromatic carbocycles. The van der Waals surface area contributed by atoms with Gasteiger partial charge in [-0.25, -0.2) is 0 Å². The van der Waals surface area contributed by atoms with Crippen molar-refractivity contribution in [2.75, 3.05) is 13.7 Å². The van der Waals surface area contributed by atoms with Gasteiger partial charge in [0, 0.05) is 25.9 Å². The molecule has 0 aliphatic rings. The lowest BCUT2D eigenvalue weighted by Crippen LogP contribution is -2.24. The number of rotatable bonds is 6. The number of aromatic nitrogens is 2. The third-order valence-corrected chi connectivity index (χ3v) is 3.14. The number of carbonyl (C=O) groups excluding carboxylic acids is 1. The maximum atomic E-state index is 12.0. The van der Waals surface area contributed by atoms with E-state index < -0.39 is 0 Å². The Labute approximate surface area is 123 Å². The highest BCUT2D eigenvalue weighted by atomic mass is 16.5. The number of carbonyl (C=O) groups is 1. The smallest absolute Gasteiger partial charge is 0.255 e. The molecular weight excluding hydrogens is 270 g/mol. The van der Waals surface area contributed by atoms with Gasteiger partial charge in [-0.3, -0.25) is 9.48 Å². The van der Waals surface area contributed by atoms with Gasteiger partial charge in [0.05, 0.1) is 18.9 Å². The van der Waals surface area contributed by atoms with E-state index in [1.165, 1.54) is 13.2 Å². The summed E-state index contributed by atoms with van der Waals surface area (Å²) in [6.45, 7) is 0.541. The monoisotopic (exact) mass is 289 g/mol. The van der Waals surface area contributed by atoms with Crippen molar-refractivity contribution in [3.05, 3.63) is 41.7 Å². The van der Waals surface area contributed by atoms with Crippen molar-refractivity contribution in [1.82, 2.24) is 15.1 Å². The lowest BCUT2D eigenvalue weighted by Gasteiger charge is -2.08. The van der Waals surface area contributed by atoms with E-state index in [-0.39, 0.29) is 17.2 Å². The molecular formula is C15H19N3O3. The molecule has 0 saturated carbocycles. The first kappa shape index (κ1) is 14.9. The Morgan fingerprint density at radius 3 is 2.90 bits per heavy atom. The second-order valence-corrected chi connectivity index (χ2v) is 4.76. The summed E-state index contributed by atoms with van der Waals surface area (Å²) in [5, 5.41) is 16.7. The maximum Gasteiger partial charge on any atom is 0.255 e. The normalized spacial score (nSPS) is 10.4. The van der Waals surface area contributed by atoms with Crippen molar-refractivity contribution in [2.24, 2.45) is 7.05 Å². The van der Waals surface area contributed by atoms with Gasteiger partial charge in [0.15, 0.2) is 0 Å². The molecule has 0 aliphatic heterocycles. The summed E-state index contributed by atoms with van der Waals surface area (Å²) in [6.07, 6.45) is 5.44. The van der Waals surface area contributed by atoms with E-state index in [0.717, 1.165) is 18.4 Å². The molecule has 21 heavy (non-hydrogen) atoms. The molecule has 0 unspecified atom stereocenters. The third kappa shape index (κ3) is 3.98. The number of benzene rings is 1. The van der Waals surface area contributed by atoms with Gasteiger partial charge in [0.2, 0.25) is 0 Å². The largest absolute Gasteiger partial charge is 0.507 e. The zero-order chi connectivity index (χ0) is 15.2. The highest BCUT2D eigenvalue weighted by Crippen LogP contribution is 2.23. The molecule has 6 nitrogen and oxygen atoms in total. The Morgan fingerprint density at radius 2 is 2.29 bits per heavy atom. The average Bonchev–Trinajstić information content (AvgIpc) is 2.88. The fraction of sp³-hybridized carbons (Fsp3) is 0.333. The number of nitrogens with one attached hydrogen (secondary N) is 1. The molecule has 2 N–H and O–H groups in total. The Bertz CT molecular complexity index is 622. The van der Waals surface area contributed by atoms with Crippen molar-refractivity contribution < 1.29 is 14.6 Å². The number of aryl methyl sites for hydroxylation is 2. The molecule has 6 heteroatoms. The van der Waals surface area contributed by atoms with Gasteiger partial charge in [-0.15, -0.1) is 0 Å². The Hall–Kier alpha value is -2.50. The van der Waals surface area contributed by atoms with Gasteiger partial charge in [-0.2, -0.15) is 5.10 Å². The van der Waals surface area contributed by atoms with Crippen LogP contribution in [0, 0.1) is 0 Å². The molecule has 0 aliphatic carbocycles. The average molecular weight is 289 g/mol. The molecule has 2 aromatic rings. The predicted octanol–water partition coefficient (Wildman–Crippen LogP) is 1.50. The number of phenolic OH excluding ortho intramolecular Hbond substituents is 1. The van der Waals surface area contributed by atoms with Gasteiger partial charge in [0.1, 0.15) is 11.5 Å². The van der Waals surface area contributed by atoms with Crippen LogP contribution in [0.3, 0.4) is 0 Å². The lowest BCUT2D eigenvalue weighted by atomic mass is 10.1. The summed E-state index contributed by atoms with van der Waals surface area (Å²) in [5.41, 5.74) is 1.39. The van der Waals surface area contributed by atoms with E-state index in [9.17, 15) is 9.90 Å². The van der Waals surface area contributed by atoms with Gasteiger partial charge < -0.3 is 15.2 Å². The van der Waals surface area contributed by atoms with Crippen LogP contribution in [-0.4, -0.2) is 34.4 Å². The first-order valence-corrected chi connectivity index (χ1v) is 6.73. The molecule has 2 rings (SSSR count). The van der Waals surface area contributed by atoms with Crippen LogP contribution < -0.4 is 10.1 Å². The summed E-state index contributed by atoms with van der Waals surface area (Å²) < 4.78 is 6.73. The quantitative estimate of drug-likeness (QED) is 0.790. The number of amides is 1. The zero-order valence-electron chi connectivity index (χ0n) is 12.2. The number of hydrogen-bond acceptors (Lipinski definition) is 4. The van der Waals surface area contributed by atoms with E-state index >= 15 is 0 Å². The minimum Gasteiger partial charge on any atom is -0.507 e. The van der Waals surface area contributed by atoms with Crippen LogP contribution in [-0.2, 0) is 13.5 Å². The lowest BCUT2D eigenvalue weighted by molar-refractivity contribution is 0.0950. The van der Waals surface area contributed by atoms with E-state index in [2.05, 4.69) is 10.4 Å². The number of nitrogens with zero attached hydrogens (tertiary/aromatic N) is 2. The van der Waals surface area contributed by atoms with Gasteiger partial charge in [0.25, 0.3) is 5.91 Å². The molecule has 0 spiro atoms. The fourth-order valence-corrected chi connectivity index (χ4v) is 2.02. The highest BCUT2D eigenvalue weighted by molar-refractivity contribution is 5.96. The fourth-order valence-electron chi connectivity index (χ4n) is 2.02. The molecule has 0 bridgehead atoms. The van der Waals surface area contributed by atoms with Gasteiger partial charge >= 0.3 is 0 Å². The summed E-state index contributed by atoms with van der Waals surface area (Å²) in [4.78, 5) is 12.0. The zero-order valence-corrected chi connectivity index (χ0v) is 12.2. The van der Waals surface area contributed by atoms with Crippen molar-refractivity contribution in [3.8, 4) is 11.5 Å². The van der Waals surface area contributed by atoms with Crippen LogP contribution in [0.15, 0.2) is 30.6 Å². The van der Waals surface area contributed by atoms with Crippen molar-refractivity contribution in [1.29, 1.82) is 0 Å². The summed E-state index contributed by atoms with van der Waals surface area (Å²) in [5.74, 6) is 0.140. The van der Waals surface area contributed by atoms with Crippen LogP contribution in [0.25, 0.3) is 0 Å². The molecule has 0 radical (unpaired) electrons. The summed E-state index contributed by atoms with van der Waals surface area (Å²) in [7, 11) is 3.38. The number of aromatic hydroxyl groups is 1. The standard InChI is InChI=1S/C15H19N3O3/c1-18-10-11(9-17-18)4-3-7-16-15(20)13-6-5-12(21-2)8-14(13)19/h5-6,8-10,19H,3-4,7H2,1-2H3,(H,16,20). The predicted molar refractivity (Wildman–Crippen MR) is 78.5 cm³/mol. The number of ether oxygens (including phenoxy) is 1. The van der Waals surface area contributed by atoms with Crippen LogP contribution in [0.1, 0.15) is 22.3 Å². The summed E-state index contributed by atoms with van der Waals surface area (Å²) in [6, 6.07) is 4.61. The molecule has 0 saturated heterocycles. The molecule has 1 aromatic heterocycles. The Kier molecular flexibility index (Phi) is 4.81. The molecule has 0 fully saturated rings. The first-order valence-electron chi connectivity index (χ1n) is 6.73. The molecule has 1 heterocycles. The van der Waals surface area contributed by atoms with E-state index in [1.807, 2.05) is 19.4 Å². The Balaban J connectivity index is 1.81. The van der Waals surface area contributed by atoms with Crippen molar-refractivity contribution >= 4 is 5.91 Å². The van der Waals surface area contributed by atoms with Crippen molar-refractivity contribution in [3.63, 3.8) is 0 Å². The van der Waals surface area contributed by atoms with Crippen LogP contribution in [0.2, 0.25) is 0 Å². The number of hydrogen-bond donors (Lipinski definition) is 2. The summed E-state index contributed by atoms with van der Waals surface area (Å²) >= 11 is 0. The second kappa shape index (κ2) is 6.78. The van der Waals surface area contributed by atoms with Crippen LogP contribution in [0.5, 0.6) is 11.5 Å². The molecule has 0 atom stereocenters. The third-order valence-electron chi connectivity index (χ3n) is 3.14. The SMILES string of the molecule is COc1ccc(C(=O)NCCCc2cnn(C)c2)c(O)c1. The van der Waals surface area contributed by atoms with Gasteiger partial charge in [-0.05, 0) is 30.5 Å². The van der Waals surface area contributed by atoms with Crippen molar-refractivity contribution in [2.45, 2.75) is 12.8 Å². The van der Waals surface area contributed by atoms with E-state index in [1.54, 1.807) is 16.8 Å². The van der Waals surface area contributed by atoms with E-state index in [0.29, 0.717) is 12.3 Å². The highest BCUT2D eigenvalue weighted by Gasteiger charge is 2.11. The molecule has 1 amide bonds. The number of methoxy groups -OCH3 is 1. The molecule has 112 valence electrons. The maximum absolute atomic E-state index is 12.0. The van der Waals surface area contributed by atoms with E-state index in [4.69, 9.17) is 4.74 Å². The Morgan fingerprint density at radius 1 is 1.48 bits per heavy atom.